The summed E-state index contributed by atoms with van der Waals surface area (Å²) in [6, 6.07) is 25.1. The number of thioether (sulfide) groups is 1. The standard InChI is InChI=1S/C38H37ClN4O3S2/c1-23(34(44)43-37-31(22-40)30-18-15-26(38(2,3)4)20-33(30)48-37)47-29-12-8-11-28(21-29)41-36(46)32(19-24-13-16-27(39)17-14-24)42-35(45)25-9-6-5-7-10-25/h5-14,16-17,19,21,23,26H,15,18,20H2,1-4H3,(H,41,46)(H,42,45)(H,43,44)/b32-19+. The molecule has 2 atom stereocenters. The molecular weight excluding hydrogens is 660 g/mol. The Kier molecular flexibility index (Phi) is 11.1. The van der Waals surface area contributed by atoms with E-state index in [0.29, 0.717) is 38.3 Å². The molecule has 0 saturated heterocycles. The van der Waals surface area contributed by atoms with Gasteiger partial charge in [-0.05, 0) is 97.2 Å². The summed E-state index contributed by atoms with van der Waals surface area (Å²) in [4.78, 5) is 41.8. The first-order valence-corrected chi connectivity index (χ1v) is 17.8. The Balaban J connectivity index is 1.27. The van der Waals surface area contributed by atoms with E-state index in [1.165, 1.54) is 28.0 Å². The molecule has 4 aromatic rings. The van der Waals surface area contributed by atoms with Gasteiger partial charge in [0.2, 0.25) is 5.91 Å². The van der Waals surface area contributed by atoms with Gasteiger partial charge in [-0.1, -0.05) is 68.8 Å². The van der Waals surface area contributed by atoms with E-state index >= 15 is 0 Å². The zero-order chi connectivity index (χ0) is 34.4. The predicted octanol–water partition coefficient (Wildman–Crippen LogP) is 8.95. The number of carbonyl (C=O) groups is 3. The second-order valence-corrected chi connectivity index (χ2v) is 15.7. The third-order valence-electron chi connectivity index (χ3n) is 8.32. The van der Waals surface area contributed by atoms with Crippen LogP contribution >= 0.6 is 34.7 Å². The maximum atomic E-state index is 13.5. The van der Waals surface area contributed by atoms with Crippen LogP contribution in [0.25, 0.3) is 6.08 Å². The van der Waals surface area contributed by atoms with Crippen molar-refractivity contribution in [3.63, 3.8) is 0 Å². The fraction of sp³-hybridized carbons (Fsp3) is 0.263. The monoisotopic (exact) mass is 696 g/mol. The van der Waals surface area contributed by atoms with Crippen LogP contribution < -0.4 is 16.0 Å². The summed E-state index contributed by atoms with van der Waals surface area (Å²) >= 11 is 8.90. The Morgan fingerprint density at radius 3 is 2.44 bits per heavy atom. The van der Waals surface area contributed by atoms with Crippen LogP contribution in [0.2, 0.25) is 5.02 Å². The minimum Gasteiger partial charge on any atom is -0.321 e. The number of nitrogens with zero attached hydrogens (tertiary/aromatic N) is 1. The third kappa shape index (κ3) is 8.75. The van der Waals surface area contributed by atoms with Gasteiger partial charge in [0.1, 0.15) is 16.8 Å². The van der Waals surface area contributed by atoms with Crippen molar-refractivity contribution in [3.8, 4) is 6.07 Å². The van der Waals surface area contributed by atoms with Gasteiger partial charge in [0.15, 0.2) is 0 Å². The normalized spacial score (nSPS) is 15.1. The number of thiophene rings is 1. The Hall–Kier alpha value is -4.36. The highest BCUT2D eigenvalue weighted by atomic mass is 35.5. The number of halogens is 1. The molecule has 1 heterocycles. The number of hydrogen-bond acceptors (Lipinski definition) is 6. The van der Waals surface area contributed by atoms with Crippen molar-refractivity contribution in [1.82, 2.24) is 5.32 Å². The molecule has 0 fully saturated rings. The molecule has 3 aromatic carbocycles. The fourth-order valence-corrected chi connectivity index (χ4v) is 7.85. The molecule has 2 unspecified atom stereocenters. The average Bonchev–Trinajstić information content (AvgIpc) is 3.41. The van der Waals surface area contributed by atoms with Gasteiger partial charge < -0.3 is 16.0 Å². The number of carbonyl (C=O) groups excluding carboxylic acids is 3. The molecule has 0 saturated carbocycles. The quantitative estimate of drug-likeness (QED) is 0.120. The van der Waals surface area contributed by atoms with Gasteiger partial charge in [0.05, 0.1) is 10.8 Å². The Morgan fingerprint density at radius 1 is 1.02 bits per heavy atom. The summed E-state index contributed by atoms with van der Waals surface area (Å²) in [5.74, 6) is -0.601. The minimum absolute atomic E-state index is 0.0535. The molecular formula is C38H37ClN4O3S2. The van der Waals surface area contributed by atoms with Gasteiger partial charge in [-0.25, -0.2) is 0 Å². The summed E-state index contributed by atoms with van der Waals surface area (Å²) in [5.41, 5.74) is 3.49. The largest absolute Gasteiger partial charge is 0.321 e. The van der Waals surface area contributed by atoms with Crippen molar-refractivity contribution in [2.45, 2.75) is 57.1 Å². The maximum absolute atomic E-state index is 13.5. The van der Waals surface area contributed by atoms with E-state index < -0.39 is 17.1 Å². The van der Waals surface area contributed by atoms with Gasteiger partial charge in [-0.2, -0.15) is 5.26 Å². The molecule has 1 aliphatic rings. The van der Waals surface area contributed by atoms with Gasteiger partial charge in [0.25, 0.3) is 11.8 Å². The second-order valence-electron chi connectivity index (χ2n) is 12.8. The summed E-state index contributed by atoms with van der Waals surface area (Å²) in [6.07, 6.45) is 4.39. The highest BCUT2D eigenvalue weighted by Gasteiger charge is 2.32. The smallest absolute Gasteiger partial charge is 0.272 e. The van der Waals surface area contributed by atoms with Crippen LogP contribution in [0.3, 0.4) is 0 Å². The first-order valence-electron chi connectivity index (χ1n) is 15.7. The molecule has 246 valence electrons. The molecule has 7 nitrogen and oxygen atoms in total. The summed E-state index contributed by atoms with van der Waals surface area (Å²) in [6.45, 7) is 8.58. The van der Waals surface area contributed by atoms with Crippen molar-refractivity contribution in [1.29, 1.82) is 5.26 Å². The Morgan fingerprint density at radius 2 is 1.75 bits per heavy atom. The number of nitriles is 1. The lowest BCUT2D eigenvalue weighted by molar-refractivity contribution is -0.115. The fourth-order valence-electron chi connectivity index (χ4n) is 5.52. The van der Waals surface area contributed by atoms with Crippen LogP contribution in [0.15, 0.2) is 89.5 Å². The highest BCUT2D eigenvalue weighted by molar-refractivity contribution is 8.00. The highest BCUT2D eigenvalue weighted by Crippen LogP contribution is 2.44. The molecule has 0 aliphatic heterocycles. The van der Waals surface area contributed by atoms with E-state index in [-0.39, 0.29) is 17.0 Å². The first-order chi connectivity index (χ1) is 22.9. The van der Waals surface area contributed by atoms with Crippen molar-refractivity contribution in [2.75, 3.05) is 10.6 Å². The number of fused-ring (bicyclic) bond motifs is 1. The number of hydrogen-bond donors (Lipinski definition) is 3. The molecule has 5 rings (SSSR count). The van der Waals surface area contributed by atoms with E-state index in [9.17, 15) is 19.6 Å². The van der Waals surface area contributed by atoms with Gasteiger partial charge in [-0.3, -0.25) is 14.4 Å². The predicted molar refractivity (Wildman–Crippen MR) is 196 cm³/mol. The molecule has 10 heteroatoms. The average molecular weight is 697 g/mol. The first kappa shape index (κ1) is 35.0. The van der Waals surface area contributed by atoms with Crippen LogP contribution in [-0.4, -0.2) is 23.0 Å². The van der Waals surface area contributed by atoms with Crippen LogP contribution in [0, 0.1) is 22.7 Å². The summed E-state index contributed by atoms with van der Waals surface area (Å²) in [5, 5.41) is 19.3. The third-order valence-corrected chi connectivity index (χ3v) is 10.8. The SMILES string of the molecule is CC(Sc1cccc(NC(=O)/C(=C\c2ccc(Cl)cc2)NC(=O)c2ccccc2)c1)C(=O)Nc1sc2c(c1C#N)CCC(C(C)(C)C)C2. The van der Waals surface area contributed by atoms with Crippen LogP contribution in [0.1, 0.15) is 66.0 Å². The van der Waals surface area contributed by atoms with Gasteiger partial charge in [0, 0.05) is 26.0 Å². The number of benzene rings is 3. The maximum Gasteiger partial charge on any atom is 0.272 e. The van der Waals surface area contributed by atoms with Crippen LogP contribution in [0.4, 0.5) is 10.7 Å². The number of nitrogens with one attached hydrogen (secondary N) is 3. The van der Waals surface area contributed by atoms with Crippen LogP contribution in [-0.2, 0) is 22.4 Å². The minimum atomic E-state index is -0.512. The molecule has 0 bridgehead atoms. The second kappa shape index (κ2) is 15.2. The lowest BCUT2D eigenvalue weighted by atomic mass is 9.72. The summed E-state index contributed by atoms with van der Waals surface area (Å²) < 4.78 is 0. The molecule has 3 amide bonds. The van der Waals surface area contributed by atoms with Crippen molar-refractivity contribution in [3.05, 3.63) is 117 Å². The number of rotatable bonds is 9. The van der Waals surface area contributed by atoms with E-state index in [1.54, 1.807) is 72.8 Å². The Labute approximate surface area is 294 Å². The van der Waals surface area contributed by atoms with E-state index in [1.807, 2.05) is 19.1 Å². The van der Waals surface area contributed by atoms with Gasteiger partial charge in [-0.15, -0.1) is 23.1 Å². The molecule has 1 aliphatic carbocycles. The molecule has 1 aromatic heterocycles. The van der Waals surface area contributed by atoms with E-state index in [4.69, 9.17) is 11.6 Å². The van der Waals surface area contributed by atoms with Crippen molar-refractivity contribution < 1.29 is 14.4 Å². The molecule has 48 heavy (non-hydrogen) atoms. The van der Waals surface area contributed by atoms with E-state index in [0.717, 1.165) is 29.7 Å². The van der Waals surface area contributed by atoms with Gasteiger partial charge >= 0.3 is 0 Å². The topological polar surface area (TPSA) is 111 Å². The summed E-state index contributed by atoms with van der Waals surface area (Å²) in [7, 11) is 0. The number of amides is 3. The zero-order valence-corrected chi connectivity index (χ0v) is 29.6. The zero-order valence-electron chi connectivity index (χ0n) is 27.2. The molecule has 0 radical (unpaired) electrons. The lowest BCUT2D eigenvalue weighted by Gasteiger charge is -2.33. The Bertz CT molecular complexity index is 1890. The number of anilines is 2. The van der Waals surface area contributed by atoms with Crippen molar-refractivity contribution >= 4 is 69.2 Å². The van der Waals surface area contributed by atoms with Crippen LogP contribution in [0.5, 0.6) is 0 Å². The van der Waals surface area contributed by atoms with Crippen molar-refractivity contribution in [2.24, 2.45) is 11.3 Å². The lowest BCUT2D eigenvalue weighted by Crippen LogP contribution is -2.30. The van der Waals surface area contributed by atoms with E-state index in [2.05, 4.69) is 42.8 Å². The molecule has 3 N–H and O–H groups in total. The molecule has 0 spiro atoms.